The largest absolute Gasteiger partial charge is 0.393 e. The van der Waals surface area contributed by atoms with Crippen molar-refractivity contribution < 1.29 is 23.5 Å². The lowest BCUT2D eigenvalue weighted by molar-refractivity contribution is 0.0864. The van der Waals surface area contributed by atoms with Crippen LogP contribution in [0.2, 0.25) is 0 Å². The Labute approximate surface area is 153 Å². The molecule has 0 spiro atoms. The lowest BCUT2D eigenvalue weighted by Crippen LogP contribution is -2.39. The number of aliphatic hydroxyl groups excluding tert-OH is 1. The molecule has 5 N–H and O–H groups in total. The van der Waals surface area contributed by atoms with Crippen LogP contribution < -0.4 is 16.0 Å². The Bertz CT molecular complexity index is 813. The number of para-hydroxylation sites is 1. The highest BCUT2D eigenvalue weighted by molar-refractivity contribution is 6.05. The van der Waals surface area contributed by atoms with Gasteiger partial charge in [-0.05, 0) is 37.8 Å². The van der Waals surface area contributed by atoms with E-state index >= 15 is 0 Å². The summed E-state index contributed by atoms with van der Waals surface area (Å²) in [6.45, 7) is 0. The summed E-state index contributed by atoms with van der Waals surface area (Å²) in [6, 6.07) is 2.19. The first-order valence-corrected chi connectivity index (χ1v) is 8.48. The highest BCUT2D eigenvalue weighted by Gasteiger charge is 2.24. The standard InChI is InChI=1S/C17H19F2N5O3/c18-11-2-1-3-12(19)14(11)23-17(27)22-13-8-20-24-15(13)16(26)21-9-4-6-10(25)7-5-9/h1-3,8-10,25H,4-7H2,(H,20,24)(H,21,26)(H2,22,23,27)/t9-,10-. The number of halogens is 2. The molecule has 0 aliphatic heterocycles. The maximum Gasteiger partial charge on any atom is 0.323 e. The highest BCUT2D eigenvalue weighted by atomic mass is 19.1. The van der Waals surface area contributed by atoms with Crippen LogP contribution in [-0.4, -0.2) is 39.4 Å². The number of aliphatic hydroxyl groups is 1. The average molecular weight is 379 g/mol. The summed E-state index contributed by atoms with van der Waals surface area (Å²) in [7, 11) is 0. The number of H-pyrrole nitrogens is 1. The van der Waals surface area contributed by atoms with Crippen molar-refractivity contribution in [2.45, 2.75) is 37.8 Å². The zero-order valence-corrected chi connectivity index (χ0v) is 14.3. The molecule has 1 heterocycles. The van der Waals surface area contributed by atoms with E-state index in [9.17, 15) is 23.5 Å². The first kappa shape index (κ1) is 18.8. The van der Waals surface area contributed by atoms with Crippen LogP contribution >= 0.6 is 0 Å². The smallest absolute Gasteiger partial charge is 0.323 e. The molecular weight excluding hydrogens is 360 g/mol. The van der Waals surface area contributed by atoms with Gasteiger partial charge in [-0.1, -0.05) is 6.07 Å². The number of nitrogens with zero attached hydrogens (tertiary/aromatic N) is 1. The molecule has 1 aromatic carbocycles. The number of urea groups is 1. The molecule has 0 unspecified atom stereocenters. The highest BCUT2D eigenvalue weighted by Crippen LogP contribution is 2.21. The van der Waals surface area contributed by atoms with Gasteiger partial charge in [-0.3, -0.25) is 9.89 Å². The van der Waals surface area contributed by atoms with E-state index in [0.29, 0.717) is 25.7 Å². The molecule has 1 aliphatic rings. The molecule has 2 aromatic rings. The summed E-state index contributed by atoms with van der Waals surface area (Å²) in [6.07, 6.45) is 3.45. The zero-order valence-electron chi connectivity index (χ0n) is 14.3. The zero-order chi connectivity index (χ0) is 19.4. The number of aromatic nitrogens is 2. The fourth-order valence-corrected chi connectivity index (χ4v) is 2.92. The van der Waals surface area contributed by atoms with E-state index < -0.39 is 29.3 Å². The van der Waals surface area contributed by atoms with Crippen molar-refractivity contribution in [2.24, 2.45) is 0 Å². The van der Waals surface area contributed by atoms with Gasteiger partial charge in [0, 0.05) is 12.2 Å². The van der Waals surface area contributed by atoms with Crippen molar-refractivity contribution in [3.8, 4) is 0 Å². The molecule has 1 fully saturated rings. The normalized spacial score (nSPS) is 19.4. The predicted molar refractivity (Wildman–Crippen MR) is 93.3 cm³/mol. The van der Waals surface area contributed by atoms with Gasteiger partial charge < -0.3 is 21.1 Å². The number of rotatable bonds is 4. The van der Waals surface area contributed by atoms with Crippen molar-refractivity contribution in [2.75, 3.05) is 10.6 Å². The van der Waals surface area contributed by atoms with Crippen LogP contribution in [0.25, 0.3) is 0 Å². The third-order valence-electron chi connectivity index (χ3n) is 4.34. The first-order valence-electron chi connectivity index (χ1n) is 8.48. The Morgan fingerprint density at radius 2 is 1.78 bits per heavy atom. The molecule has 1 aromatic heterocycles. The second kappa shape index (κ2) is 8.12. The van der Waals surface area contributed by atoms with Crippen molar-refractivity contribution in [1.29, 1.82) is 0 Å². The number of carbonyl (C=O) groups is 2. The summed E-state index contributed by atoms with van der Waals surface area (Å²) < 4.78 is 27.2. The first-order chi connectivity index (χ1) is 12.9. The molecule has 0 bridgehead atoms. The molecule has 3 amide bonds. The molecule has 0 atom stereocenters. The summed E-state index contributed by atoms with van der Waals surface area (Å²) in [4.78, 5) is 24.4. The lowest BCUT2D eigenvalue weighted by atomic mass is 9.93. The maximum absolute atomic E-state index is 13.6. The molecule has 10 heteroatoms. The number of hydrogen-bond acceptors (Lipinski definition) is 4. The third-order valence-corrected chi connectivity index (χ3v) is 4.34. The van der Waals surface area contributed by atoms with E-state index in [1.807, 2.05) is 0 Å². The molecule has 8 nitrogen and oxygen atoms in total. The average Bonchev–Trinajstić information content (AvgIpc) is 3.08. The van der Waals surface area contributed by atoms with Gasteiger partial charge in [0.25, 0.3) is 5.91 Å². The number of nitrogens with one attached hydrogen (secondary N) is 4. The van der Waals surface area contributed by atoms with Gasteiger partial charge in [0.15, 0.2) is 5.69 Å². The molecular formula is C17H19F2N5O3. The van der Waals surface area contributed by atoms with Crippen LogP contribution in [0.4, 0.5) is 25.0 Å². The van der Waals surface area contributed by atoms with E-state index in [-0.39, 0.29) is 23.5 Å². The number of hydrogen-bond donors (Lipinski definition) is 5. The van der Waals surface area contributed by atoms with Gasteiger partial charge in [0.05, 0.1) is 11.8 Å². The van der Waals surface area contributed by atoms with Gasteiger partial charge in [0.2, 0.25) is 0 Å². The summed E-state index contributed by atoms with van der Waals surface area (Å²) in [5, 5.41) is 23.0. The second-order valence-corrected chi connectivity index (χ2v) is 6.30. The minimum atomic E-state index is -0.921. The number of anilines is 2. The van der Waals surface area contributed by atoms with E-state index in [0.717, 1.165) is 12.1 Å². The van der Waals surface area contributed by atoms with E-state index in [4.69, 9.17) is 0 Å². The number of amides is 3. The van der Waals surface area contributed by atoms with Gasteiger partial charge in [0.1, 0.15) is 17.3 Å². The van der Waals surface area contributed by atoms with Crippen LogP contribution in [0.1, 0.15) is 36.2 Å². The van der Waals surface area contributed by atoms with Gasteiger partial charge in [-0.15, -0.1) is 0 Å². The second-order valence-electron chi connectivity index (χ2n) is 6.30. The topological polar surface area (TPSA) is 119 Å². The lowest BCUT2D eigenvalue weighted by Gasteiger charge is -2.25. The van der Waals surface area contributed by atoms with Gasteiger partial charge >= 0.3 is 6.03 Å². The number of carbonyl (C=O) groups excluding carboxylic acids is 2. The quantitative estimate of drug-likeness (QED) is 0.560. The van der Waals surface area contributed by atoms with Crippen LogP contribution in [-0.2, 0) is 0 Å². The third kappa shape index (κ3) is 4.59. The van der Waals surface area contributed by atoms with Crippen molar-refractivity contribution in [3.05, 3.63) is 41.7 Å². The van der Waals surface area contributed by atoms with Crippen LogP contribution in [0.15, 0.2) is 24.4 Å². The number of benzene rings is 1. The van der Waals surface area contributed by atoms with Crippen molar-refractivity contribution >= 4 is 23.3 Å². The fraction of sp³-hybridized carbons (Fsp3) is 0.353. The van der Waals surface area contributed by atoms with E-state index in [2.05, 4.69) is 26.1 Å². The van der Waals surface area contributed by atoms with E-state index in [1.165, 1.54) is 12.3 Å². The van der Waals surface area contributed by atoms with Crippen molar-refractivity contribution in [3.63, 3.8) is 0 Å². The minimum absolute atomic E-state index is 0.0507. The Morgan fingerprint density at radius 1 is 1.11 bits per heavy atom. The fourth-order valence-electron chi connectivity index (χ4n) is 2.92. The SMILES string of the molecule is O=C(Nc1c[nH]nc1C(=O)N[C@H]1CC[C@H](O)CC1)Nc1c(F)cccc1F. The van der Waals surface area contributed by atoms with Crippen LogP contribution in [0.5, 0.6) is 0 Å². The number of aromatic amines is 1. The molecule has 1 aliphatic carbocycles. The molecule has 3 rings (SSSR count). The molecule has 144 valence electrons. The Balaban J connectivity index is 1.62. The molecule has 0 saturated heterocycles. The predicted octanol–water partition coefficient (Wildman–Crippen LogP) is 2.37. The van der Waals surface area contributed by atoms with Crippen LogP contribution in [0.3, 0.4) is 0 Å². The van der Waals surface area contributed by atoms with Gasteiger partial charge in [-0.25, -0.2) is 13.6 Å². The Kier molecular flexibility index (Phi) is 5.65. The monoisotopic (exact) mass is 379 g/mol. The molecule has 1 saturated carbocycles. The summed E-state index contributed by atoms with van der Waals surface area (Å²) in [5.41, 5.74) is -0.576. The minimum Gasteiger partial charge on any atom is -0.393 e. The maximum atomic E-state index is 13.6. The van der Waals surface area contributed by atoms with Crippen molar-refractivity contribution in [1.82, 2.24) is 15.5 Å². The summed E-state index contributed by atoms with van der Waals surface area (Å²) >= 11 is 0. The summed E-state index contributed by atoms with van der Waals surface area (Å²) in [5.74, 6) is -2.34. The van der Waals surface area contributed by atoms with Crippen LogP contribution in [0, 0.1) is 11.6 Å². The Hall–Kier alpha value is -3.01. The van der Waals surface area contributed by atoms with E-state index in [1.54, 1.807) is 0 Å². The molecule has 27 heavy (non-hydrogen) atoms. The van der Waals surface area contributed by atoms with Gasteiger partial charge in [-0.2, -0.15) is 5.10 Å². The molecule has 0 radical (unpaired) electrons. The Morgan fingerprint density at radius 3 is 2.44 bits per heavy atom.